The van der Waals surface area contributed by atoms with E-state index in [4.69, 9.17) is 0 Å². The topological polar surface area (TPSA) is 45.2 Å². The largest absolute Gasteiger partial charge is 0.368 e. The number of carbonyl (C=O) groups is 1. The Kier molecular flexibility index (Phi) is 6.62. The number of fused-ring (bicyclic) bond motifs is 1. The van der Waals surface area contributed by atoms with Crippen LogP contribution in [0.1, 0.15) is 50.7 Å². The number of anilines is 2. The molecule has 0 aliphatic carbocycles. The Balaban J connectivity index is 2.04. The number of rotatable bonds is 7. The smallest absolute Gasteiger partial charge is 0.264 e. The highest BCUT2D eigenvalue weighted by Gasteiger charge is 2.26. The number of halogens is 2. The standard InChI is InChI=1S/C23H27F2N3O/c1-4-7-18(5-2)28-11-6-8-16-12-19(20(23(24)25)13-21(16)28)17-9-10-22(26-14-17)27-15(3)29/h4,9-10,12-14,18,23H,1,5-8,11H2,2-3H3,(H,26,27,29). The van der Waals surface area contributed by atoms with Crippen LogP contribution >= 0.6 is 0 Å². The van der Waals surface area contributed by atoms with Crippen molar-refractivity contribution in [2.75, 3.05) is 16.8 Å². The fourth-order valence-electron chi connectivity index (χ4n) is 4.00. The highest BCUT2D eigenvalue weighted by Crippen LogP contribution is 2.40. The van der Waals surface area contributed by atoms with E-state index in [0.29, 0.717) is 16.9 Å². The lowest BCUT2D eigenvalue weighted by atomic mass is 9.91. The van der Waals surface area contributed by atoms with Gasteiger partial charge in [0.2, 0.25) is 5.91 Å². The molecule has 1 aliphatic heterocycles. The summed E-state index contributed by atoms with van der Waals surface area (Å²) in [4.78, 5) is 17.6. The number of hydrogen-bond acceptors (Lipinski definition) is 3. The molecule has 1 aromatic carbocycles. The SMILES string of the molecule is C=CCC(CC)N1CCCc2cc(-c3ccc(NC(C)=O)nc3)c(C(F)F)cc21. The maximum absolute atomic E-state index is 14.0. The van der Waals surface area contributed by atoms with E-state index in [1.807, 2.05) is 12.1 Å². The van der Waals surface area contributed by atoms with Crippen LogP contribution in [0.15, 0.2) is 43.1 Å². The minimum absolute atomic E-state index is 0.0122. The molecule has 2 heterocycles. The fraction of sp³-hybridized carbons (Fsp3) is 0.391. The zero-order valence-electron chi connectivity index (χ0n) is 16.9. The molecule has 0 bridgehead atoms. The maximum Gasteiger partial charge on any atom is 0.264 e. The van der Waals surface area contributed by atoms with Gasteiger partial charge in [0, 0.05) is 42.5 Å². The van der Waals surface area contributed by atoms with Gasteiger partial charge in [-0.3, -0.25) is 4.79 Å². The van der Waals surface area contributed by atoms with Gasteiger partial charge in [-0.2, -0.15) is 0 Å². The van der Waals surface area contributed by atoms with Crippen molar-refractivity contribution in [3.8, 4) is 11.1 Å². The summed E-state index contributed by atoms with van der Waals surface area (Å²) in [6, 6.07) is 7.16. The zero-order chi connectivity index (χ0) is 21.0. The summed E-state index contributed by atoms with van der Waals surface area (Å²) < 4.78 is 28.0. The fourth-order valence-corrected chi connectivity index (χ4v) is 4.00. The Bertz CT molecular complexity index is 880. The van der Waals surface area contributed by atoms with E-state index in [2.05, 4.69) is 28.7 Å². The molecule has 1 atom stereocenters. The third kappa shape index (κ3) is 4.63. The quantitative estimate of drug-likeness (QED) is 0.603. The molecule has 1 N–H and O–H groups in total. The lowest BCUT2D eigenvalue weighted by molar-refractivity contribution is -0.114. The average molecular weight is 399 g/mol. The minimum atomic E-state index is -2.59. The molecule has 0 fully saturated rings. The van der Waals surface area contributed by atoms with Crippen LogP contribution in [0.3, 0.4) is 0 Å². The number of pyridine rings is 1. The summed E-state index contributed by atoms with van der Waals surface area (Å²) in [7, 11) is 0. The van der Waals surface area contributed by atoms with Crippen LogP contribution in [0.4, 0.5) is 20.3 Å². The molecule has 0 saturated carbocycles. The summed E-state index contributed by atoms with van der Waals surface area (Å²) in [6.45, 7) is 8.23. The van der Waals surface area contributed by atoms with Crippen molar-refractivity contribution in [3.05, 3.63) is 54.2 Å². The molecule has 0 spiro atoms. The number of benzene rings is 1. The third-order valence-electron chi connectivity index (χ3n) is 5.37. The first-order valence-electron chi connectivity index (χ1n) is 10.0. The monoisotopic (exact) mass is 399 g/mol. The molecular formula is C23H27F2N3O. The predicted octanol–water partition coefficient (Wildman–Crippen LogP) is 5.75. The number of nitrogens with one attached hydrogen (secondary N) is 1. The predicted molar refractivity (Wildman–Crippen MR) is 113 cm³/mol. The summed E-state index contributed by atoms with van der Waals surface area (Å²) in [5, 5.41) is 2.59. The molecule has 29 heavy (non-hydrogen) atoms. The Morgan fingerprint density at radius 1 is 1.38 bits per heavy atom. The number of alkyl halides is 2. The normalized spacial score (nSPS) is 14.4. The molecule has 154 valence electrons. The number of hydrogen-bond donors (Lipinski definition) is 1. The molecule has 0 saturated heterocycles. The summed E-state index contributed by atoms with van der Waals surface area (Å²) >= 11 is 0. The second kappa shape index (κ2) is 9.16. The second-order valence-corrected chi connectivity index (χ2v) is 7.37. The first-order chi connectivity index (χ1) is 13.9. The molecule has 3 rings (SSSR count). The number of carbonyl (C=O) groups excluding carboxylic acids is 1. The van der Waals surface area contributed by atoms with Crippen molar-refractivity contribution in [2.24, 2.45) is 0 Å². The Labute approximate surface area is 170 Å². The number of aryl methyl sites for hydroxylation is 1. The van der Waals surface area contributed by atoms with E-state index >= 15 is 0 Å². The van der Waals surface area contributed by atoms with Gasteiger partial charge in [-0.1, -0.05) is 13.0 Å². The van der Waals surface area contributed by atoms with Crippen LogP contribution in [-0.4, -0.2) is 23.5 Å². The van der Waals surface area contributed by atoms with Gasteiger partial charge in [0.15, 0.2) is 0 Å². The summed E-state index contributed by atoms with van der Waals surface area (Å²) in [5.74, 6) is 0.177. The number of aromatic nitrogens is 1. The van der Waals surface area contributed by atoms with Crippen LogP contribution in [0.5, 0.6) is 0 Å². The van der Waals surface area contributed by atoms with Gasteiger partial charge < -0.3 is 10.2 Å². The molecule has 1 aliphatic rings. The second-order valence-electron chi connectivity index (χ2n) is 7.37. The molecular weight excluding hydrogens is 372 g/mol. The molecule has 1 amide bonds. The van der Waals surface area contributed by atoms with Gasteiger partial charge in [-0.25, -0.2) is 13.8 Å². The van der Waals surface area contributed by atoms with Gasteiger partial charge in [0.05, 0.1) is 0 Å². The average Bonchev–Trinajstić information content (AvgIpc) is 2.70. The van der Waals surface area contributed by atoms with Crippen molar-refractivity contribution in [2.45, 2.75) is 52.0 Å². The van der Waals surface area contributed by atoms with Crippen LogP contribution in [0, 0.1) is 0 Å². The van der Waals surface area contributed by atoms with Crippen molar-refractivity contribution in [3.63, 3.8) is 0 Å². The van der Waals surface area contributed by atoms with E-state index in [1.54, 1.807) is 18.2 Å². The van der Waals surface area contributed by atoms with Crippen LogP contribution in [-0.2, 0) is 11.2 Å². The van der Waals surface area contributed by atoms with Crippen molar-refractivity contribution in [1.29, 1.82) is 0 Å². The Morgan fingerprint density at radius 2 is 2.17 bits per heavy atom. The Hall–Kier alpha value is -2.76. The number of nitrogens with zero attached hydrogens (tertiary/aromatic N) is 2. The maximum atomic E-state index is 14.0. The molecule has 1 unspecified atom stereocenters. The first kappa shape index (κ1) is 21.0. The first-order valence-corrected chi connectivity index (χ1v) is 10.0. The zero-order valence-corrected chi connectivity index (χ0v) is 16.9. The number of amides is 1. The van der Waals surface area contributed by atoms with E-state index in [1.165, 1.54) is 13.1 Å². The summed E-state index contributed by atoms with van der Waals surface area (Å²) in [6.07, 6.45) is 4.47. The van der Waals surface area contributed by atoms with Gasteiger partial charge in [0.1, 0.15) is 5.82 Å². The lowest BCUT2D eigenvalue weighted by Gasteiger charge is -2.38. The minimum Gasteiger partial charge on any atom is -0.368 e. The van der Waals surface area contributed by atoms with Gasteiger partial charge >= 0.3 is 0 Å². The van der Waals surface area contributed by atoms with Gasteiger partial charge in [-0.05, 0) is 61.1 Å². The van der Waals surface area contributed by atoms with E-state index in [9.17, 15) is 13.6 Å². The molecule has 1 aromatic heterocycles. The lowest BCUT2D eigenvalue weighted by Crippen LogP contribution is -2.38. The van der Waals surface area contributed by atoms with Crippen LogP contribution < -0.4 is 10.2 Å². The van der Waals surface area contributed by atoms with Gasteiger partial charge in [-0.15, -0.1) is 6.58 Å². The summed E-state index contributed by atoms with van der Waals surface area (Å²) in [5.41, 5.74) is 3.13. The van der Waals surface area contributed by atoms with Crippen LogP contribution in [0.25, 0.3) is 11.1 Å². The van der Waals surface area contributed by atoms with Crippen molar-refractivity contribution < 1.29 is 13.6 Å². The van der Waals surface area contributed by atoms with Crippen LogP contribution in [0.2, 0.25) is 0 Å². The molecule has 2 aromatic rings. The van der Waals surface area contributed by atoms with E-state index in [-0.39, 0.29) is 17.5 Å². The highest BCUT2D eigenvalue weighted by atomic mass is 19.3. The van der Waals surface area contributed by atoms with E-state index in [0.717, 1.165) is 43.5 Å². The molecule has 0 radical (unpaired) electrons. The Morgan fingerprint density at radius 3 is 2.76 bits per heavy atom. The van der Waals surface area contributed by atoms with Crippen molar-refractivity contribution >= 4 is 17.4 Å². The molecule has 4 nitrogen and oxygen atoms in total. The van der Waals surface area contributed by atoms with E-state index < -0.39 is 6.43 Å². The highest BCUT2D eigenvalue weighted by molar-refractivity contribution is 5.87. The molecule has 6 heteroatoms. The third-order valence-corrected chi connectivity index (χ3v) is 5.37. The van der Waals surface area contributed by atoms with Gasteiger partial charge in [0.25, 0.3) is 6.43 Å². The van der Waals surface area contributed by atoms with Crippen molar-refractivity contribution in [1.82, 2.24) is 4.98 Å².